The van der Waals surface area contributed by atoms with Gasteiger partial charge in [-0.1, -0.05) is 6.07 Å². The van der Waals surface area contributed by atoms with Crippen LogP contribution in [0.4, 0.5) is 10.2 Å². The Balaban J connectivity index is 2.74. The van der Waals surface area contributed by atoms with Crippen molar-refractivity contribution in [1.82, 2.24) is 9.78 Å². The molecule has 0 radical (unpaired) electrons. The SMILES string of the molecule is COc1c(C)ccc(F)c1-c1cnn(C)c1N. The molecule has 0 fully saturated rings. The number of hydrogen-bond acceptors (Lipinski definition) is 3. The molecular formula is C12H14FN3O. The zero-order valence-electron chi connectivity index (χ0n) is 9.99. The van der Waals surface area contributed by atoms with Gasteiger partial charge in [0.1, 0.15) is 17.4 Å². The molecular weight excluding hydrogens is 221 g/mol. The molecule has 0 saturated carbocycles. The average molecular weight is 235 g/mol. The van der Waals surface area contributed by atoms with Crippen molar-refractivity contribution in [2.24, 2.45) is 7.05 Å². The number of nitrogens with two attached hydrogens (primary N) is 1. The average Bonchev–Trinajstić information content (AvgIpc) is 2.63. The van der Waals surface area contributed by atoms with Crippen molar-refractivity contribution in [2.45, 2.75) is 6.92 Å². The third-order valence-electron chi connectivity index (χ3n) is 2.76. The van der Waals surface area contributed by atoms with E-state index in [1.807, 2.05) is 6.92 Å². The first-order valence-electron chi connectivity index (χ1n) is 5.17. The number of aromatic nitrogens is 2. The minimum atomic E-state index is -0.368. The number of rotatable bonds is 2. The van der Waals surface area contributed by atoms with Crippen LogP contribution in [0.1, 0.15) is 5.56 Å². The number of aryl methyl sites for hydroxylation is 2. The van der Waals surface area contributed by atoms with E-state index in [4.69, 9.17) is 10.5 Å². The Bertz CT molecular complexity index is 563. The molecule has 0 saturated heterocycles. The summed E-state index contributed by atoms with van der Waals surface area (Å²) in [5.74, 6) is 0.532. The monoisotopic (exact) mass is 235 g/mol. The van der Waals surface area contributed by atoms with E-state index in [0.29, 0.717) is 22.7 Å². The number of nitrogen functional groups attached to an aromatic ring is 1. The van der Waals surface area contributed by atoms with Gasteiger partial charge in [-0.15, -0.1) is 0 Å². The quantitative estimate of drug-likeness (QED) is 0.867. The summed E-state index contributed by atoms with van der Waals surface area (Å²) in [4.78, 5) is 0. The van der Waals surface area contributed by atoms with Crippen molar-refractivity contribution in [3.63, 3.8) is 0 Å². The molecule has 1 aromatic carbocycles. The van der Waals surface area contributed by atoms with Gasteiger partial charge >= 0.3 is 0 Å². The normalized spacial score (nSPS) is 10.6. The van der Waals surface area contributed by atoms with Gasteiger partial charge in [0.2, 0.25) is 0 Å². The Kier molecular flexibility index (Phi) is 2.75. The first kappa shape index (κ1) is 11.4. The van der Waals surface area contributed by atoms with E-state index >= 15 is 0 Å². The smallest absolute Gasteiger partial charge is 0.134 e. The van der Waals surface area contributed by atoms with Crippen molar-refractivity contribution in [1.29, 1.82) is 0 Å². The summed E-state index contributed by atoms with van der Waals surface area (Å²) in [5, 5.41) is 4.01. The van der Waals surface area contributed by atoms with Gasteiger partial charge in [-0.25, -0.2) is 4.39 Å². The Labute approximate surface area is 98.8 Å². The van der Waals surface area contributed by atoms with Gasteiger partial charge in [-0.2, -0.15) is 5.10 Å². The lowest BCUT2D eigenvalue weighted by Gasteiger charge is -2.11. The number of nitrogens with zero attached hydrogens (tertiary/aromatic N) is 2. The van der Waals surface area contributed by atoms with Crippen LogP contribution in [0.25, 0.3) is 11.1 Å². The van der Waals surface area contributed by atoms with E-state index in [2.05, 4.69) is 5.10 Å². The van der Waals surface area contributed by atoms with Crippen LogP contribution in [0.2, 0.25) is 0 Å². The number of halogens is 1. The first-order chi connectivity index (χ1) is 8.06. The van der Waals surface area contributed by atoms with Crippen molar-refractivity contribution >= 4 is 5.82 Å². The van der Waals surface area contributed by atoms with Crippen LogP contribution in [0.15, 0.2) is 18.3 Å². The maximum absolute atomic E-state index is 13.9. The van der Waals surface area contributed by atoms with Gasteiger partial charge in [0.05, 0.1) is 24.4 Å². The topological polar surface area (TPSA) is 53.1 Å². The summed E-state index contributed by atoms with van der Waals surface area (Å²) in [5.41, 5.74) is 7.62. The van der Waals surface area contributed by atoms with Gasteiger partial charge in [0.15, 0.2) is 0 Å². The summed E-state index contributed by atoms with van der Waals surface area (Å²) < 4.78 is 20.7. The molecule has 0 aliphatic heterocycles. The predicted molar refractivity (Wildman–Crippen MR) is 64.3 cm³/mol. The highest BCUT2D eigenvalue weighted by Gasteiger charge is 2.18. The molecule has 90 valence electrons. The second kappa shape index (κ2) is 4.08. The van der Waals surface area contributed by atoms with Crippen LogP contribution in [-0.4, -0.2) is 16.9 Å². The molecule has 0 aliphatic carbocycles. The van der Waals surface area contributed by atoms with Crippen molar-refractivity contribution in [3.05, 3.63) is 29.7 Å². The lowest BCUT2D eigenvalue weighted by Crippen LogP contribution is -2.00. The Morgan fingerprint density at radius 2 is 2.12 bits per heavy atom. The number of methoxy groups -OCH3 is 1. The fourth-order valence-corrected chi connectivity index (χ4v) is 1.82. The van der Waals surface area contributed by atoms with Crippen LogP contribution in [0.3, 0.4) is 0 Å². The third kappa shape index (κ3) is 1.73. The van der Waals surface area contributed by atoms with Crippen molar-refractivity contribution < 1.29 is 9.13 Å². The zero-order valence-corrected chi connectivity index (χ0v) is 9.99. The Hall–Kier alpha value is -2.04. The van der Waals surface area contributed by atoms with Gasteiger partial charge < -0.3 is 10.5 Å². The van der Waals surface area contributed by atoms with E-state index in [0.717, 1.165) is 5.56 Å². The predicted octanol–water partition coefficient (Wildman–Crippen LogP) is 2.13. The molecule has 0 unspecified atom stereocenters. The minimum absolute atomic E-state index is 0.359. The molecule has 1 aromatic heterocycles. The molecule has 0 aliphatic rings. The largest absolute Gasteiger partial charge is 0.496 e. The van der Waals surface area contributed by atoms with Gasteiger partial charge in [-0.05, 0) is 18.6 Å². The van der Waals surface area contributed by atoms with Gasteiger partial charge in [0, 0.05) is 7.05 Å². The standard InChI is InChI=1S/C12H14FN3O/c1-7-4-5-9(13)10(11(7)17-3)8-6-15-16(2)12(8)14/h4-6H,14H2,1-3H3. The first-order valence-corrected chi connectivity index (χ1v) is 5.17. The number of benzene rings is 1. The molecule has 4 nitrogen and oxygen atoms in total. The number of ether oxygens (including phenoxy) is 1. The third-order valence-corrected chi connectivity index (χ3v) is 2.76. The zero-order chi connectivity index (χ0) is 12.6. The van der Waals surface area contributed by atoms with Crippen molar-refractivity contribution in [3.8, 4) is 16.9 Å². The highest BCUT2D eigenvalue weighted by molar-refractivity contribution is 5.79. The van der Waals surface area contributed by atoms with Crippen LogP contribution in [0, 0.1) is 12.7 Å². The lowest BCUT2D eigenvalue weighted by molar-refractivity contribution is 0.410. The highest BCUT2D eigenvalue weighted by atomic mass is 19.1. The van der Waals surface area contributed by atoms with E-state index in [1.165, 1.54) is 24.1 Å². The number of anilines is 1. The molecule has 0 atom stereocenters. The molecule has 2 aromatic rings. The molecule has 17 heavy (non-hydrogen) atoms. The lowest BCUT2D eigenvalue weighted by atomic mass is 10.0. The van der Waals surface area contributed by atoms with Crippen LogP contribution < -0.4 is 10.5 Å². The van der Waals surface area contributed by atoms with E-state index < -0.39 is 0 Å². The van der Waals surface area contributed by atoms with E-state index in [-0.39, 0.29) is 5.82 Å². The summed E-state index contributed by atoms with van der Waals surface area (Å²) >= 11 is 0. The molecule has 0 amide bonds. The Morgan fingerprint density at radius 3 is 2.65 bits per heavy atom. The van der Waals surface area contributed by atoms with E-state index in [9.17, 15) is 4.39 Å². The van der Waals surface area contributed by atoms with Crippen LogP contribution in [0.5, 0.6) is 5.75 Å². The summed E-state index contributed by atoms with van der Waals surface area (Å²) in [6.07, 6.45) is 1.54. The maximum Gasteiger partial charge on any atom is 0.134 e. The second-order valence-corrected chi connectivity index (χ2v) is 3.84. The minimum Gasteiger partial charge on any atom is -0.496 e. The van der Waals surface area contributed by atoms with Crippen LogP contribution in [-0.2, 0) is 7.05 Å². The second-order valence-electron chi connectivity index (χ2n) is 3.84. The van der Waals surface area contributed by atoms with Gasteiger partial charge in [0.25, 0.3) is 0 Å². The maximum atomic E-state index is 13.9. The summed E-state index contributed by atoms with van der Waals surface area (Å²) in [6.45, 7) is 1.86. The molecule has 1 heterocycles. The molecule has 0 spiro atoms. The molecule has 5 heteroatoms. The van der Waals surface area contributed by atoms with Gasteiger partial charge in [-0.3, -0.25) is 4.68 Å². The molecule has 2 rings (SSSR count). The summed E-state index contributed by atoms with van der Waals surface area (Å²) in [6, 6.07) is 3.07. The van der Waals surface area contributed by atoms with E-state index in [1.54, 1.807) is 13.1 Å². The van der Waals surface area contributed by atoms with Crippen LogP contribution >= 0.6 is 0 Å². The fourth-order valence-electron chi connectivity index (χ4n) is 1.82. The summed E-state index contributed by atoms with van der Waals surface area (Å²) in [7, 11) is 3.22. The molecule has 0 bridgehead atoms. The Morgan fingerprint density at radius 1 is 1.41 bits per heavy atom. The molecule has 2 N–H and O–H groups in total. The highest BCUT2D eigenvalue weighted by Crippen LogP contribution is 2.37. The van der Waals surface area contributed by atoms with Crippen molar-refractivity contribution in [2.75, 3.05) is 12.8 Å². The number of hydrogen-bond donors (Lipinski definition) is 1. The fraction of sp³-hybridized carbons (Fsp3) is 0.250.